The first kappa shape index (κ1) is 16.3. The van der Waals surface area contributed by atoms with Gasteiger partial charge in [0.25, 0.3) is 0 Å². The molecule has 120 valence electrons. The van der Waals surface area contributed by atoms with Crippen LogP contribution >= 0.6 is 0 Å². The highest BCUT2D eigenvalue weighted by Gasteiger charge is 2.38. The molecule has 1 aliphatic heterocycles. The Kier molecular flexibility index (Phi) is 4.18. The van der Waals surface area contributed by atoms with E-state index in [1.165, 1.54) is 0 Å². The lowest BCUT2D eigenvalue weighted by Crippen LogP contribution is -2.39. The van der Waals surface area contributed by atoms with Crippen molar-refractivity contribution in [2.24, 2.45) is 5.41 Å². The molecule has 0 unspecified atom stereocenters. The molecule has 5 heteroatoms. The third kappa shape index (κ3) is 3.59. The van der Waals surface area contributed by atoms with Crippen LogP contribution in [0.1, 0.15) is 45.7 Å². The van der Waals surface area contributed by atoms with E-state index in [4.69, 9.17) is 0 Å². The minimum atomic E-state index is -0.528. The van der Waals surface area contributed by atoms with Gasteiger partial charge >= 0.3 is 6.03 Å². The van der Waals surface area contributed by atoms with Crippen molar-refractivity contribution in [1.29, 1.82) is 0 Å². The summed E-state index contributed by atoms with van der Waals surface area (Å²) in [4.78, 5) is 23.7. The van der Waals surface area contributed by atoms with Crippen molar-refractivity contribution in [2.75, 3.05) is 11.9 Å². The van der Waals surface area contributed by atoms with Crippen LogP contribution in [0.4, 0.5) is 10.5 Å². The summed E-state index contributed by atoms with van der Waals surface area (Å²) in [6, 6.07) is 5.62. The predicted molar refractivity (Wildman–Crippen MR) is 87.8 cm³/mol. The average molecular weight is 303 g/mol. The largest absolute Gasteiger partial charge is 0.338 e. The van der Waals surface area contributed by atoms with Crippen LogP contribution in [0.3, 0.4) is 0 Å². The fourth-order valence-corrected chi connectivity index (χ4v) is 2.32. The Morgan fingerprint density at radius 3 is 2.55 bits per heavy atom. The summed E-state index contributed by atoms with van der Waals surface area (Å²) in [7, 11) is 0. The third-order valence-electron chi connectivity index (χ3n) is 3.81. The summed E-state index contributed by atoms with van der Waals surface area (Å²) < 4.78 is 0. The van der Waals surface area contributed by atoms with Crippen LogP contribution in [0.2, 0.25) is 0 Å². The van der Waals surface area contributed by atoms with Gasteiger partial charge in [-0.25, -0.2) is 4.79 Å². The topological polar surface area (TPSA) is 70.2 Å². The molecule has 0 saturated heterocycles. The molecule has 5 nitrogen and oxygen atoms in total. The molecule has 0 spiro atoms. The summed E-state index contributed by atoms with van der Waals surface area (Å²) in [6.07, 6.45) is 0. The molecule has 0 radical (unpaired) electrons. The van der Waals surface area contributed by atoms with E-state index in [-0.39, 0.29) is 17.4 Å². The molecule has 0 bridgehead atoms. The van der Waals surface area contributed by atoms with Crippen molar-refractivity contribution in [3.63, 3.8) is 0 Å². The van der Waals surface area contributed by atoms with Crippen molar-refractivity contribution in [2.45, 2.75) is 46.6 Å². The van der Waals surface area contributed by atoms with Crippen molar-refractivity contribution >= 4 is 17.6 Å². The molecule has 0 aliphatic carbocycles. The maximum atomic E-state index is 11.9. The van der Waals surface area contributed by atoms with Crippen molar-refractivity contribution in [3.05, 3.63) is 29.3 Å². The van der Waals surface area contributed by atoms with Crippen LogP contribution in [0, 0.1) is 5.41 Å². The quantitative estimate of drug-likeness (QED) is 0.803. The van der Waals surface area contributed by atoms with Crippen LogP contribution < -0.4 is 16.0 Å². The number of nitrogens with one attached hydrogen (secondary N) is 3. The zero-order chi connectivity index (χ0) is 16.5. The first-order valence-corrected chi connectivity index (χ1v) is 7.56. The van der Waals surface area contributed by atoms with Gasteiger partial charge in [0.2, 0.25) is 5.91 Å². The smallest absolute Gasteiger partial charge is 0.315 e. The molecule has 0 fully saturated rings. The number of urea groups is 1. The number of benzene rings is 1. The normalized spacial score (nSPS) is 16.0. The Hall–Kier alpha value is -2.04. The molecule has 0 atom stereocenters. The highest BCUT2D eigenvalue weighted by Crippen LogP contribution is 2.37. The molecule has 2 rings (SSSR count). The van der Waals surface area contributed by atoms with E-state index >= 15 is 0 Å². The van der Waals surface area contributed by atoms with E-state index in [2.05, 4.69) is 36.7 Å². The van der Waals surface area contributed by atoms with Gasteiger partial charge in [-0.3, -0.25) is 4.79 Å². The van der Waals surface area contributed by atoms with Gasteiger partial charge < -0.3 is 16.0 Å². The first-order valence-electron chi connectivity index (χ1n) is 7.56. The Morgan fingerprint density at radius 1 is 1.23 bits per heavy atom. The maximum Gasteiger partial charge on any atom is 0.315 e. The molecule has 3 N–H and O–H groups in total. The van der Waals surface area contributed by atoms with Gasteiger partial charge in [-0.1, -0.05) is 32.9 Å². The Labute approximate surface area is 131 Å². The van der Waals surface area contributed by atoms with Gasteiger partial charge in [0.1, 0.15) is 0 Å². The number of hydrogen-bond donors (Lipinski definition) is 3. The van der Waals surface area contributed by atoms with E-state index < -0.39 is 5.41 Å². The van der Waals surface area contributed by atoms with Crippen molar-refractivity contribution < 1.29 is 9.59 Å². The number of fused-ring (bicyclic) bond motifs is 1. The summed E-state index contributed by atoms with van der Waals surface area (Å²) in [5.74, 6) is 0.00975. The molecule has 0 aromatic heterocycles. The molecular formula is C17H25N3O2. The summed E-state index contributed by atoms with van der Waals surface area (Å²) in [5.41, 5.74) is 2.35. The number of anilines is 1. The Bertz CT molecular complexity index is 600. The highest BCUT2D eigenvalue weighted by atomic mass is 16.2. The lowest BCUT2D eigenvalue weighted by Gasteiger charge is -2.19. The molecule has 3 amide bonds. The second kappa shape index (κ2) is 5.63. The number of carbonyl (C=O) groups is 2. The Balaban J connectivity index is 1.97. The molecule has 1 heterocycles. The van der Waals surface area contributed by atoms with E-state index in [1.54, 1.807) is 0 Å². The van der Waals surface area contributed by atoms with E-state index in [0.717, 1.165) is 16.8 Å². The number of amides is 3. The van der Waals surface area contributed by atoms with Crippen molar-refractivity contribution in [3.8, 4) is 0 Å². The molecule has 0 saturated carbocycles. The van der Waals surface area contributed by atoms with Crippen LogP contribution in [0.25, 0.3) is 0 Å². The van der Waals surface area contributed by atoms with Gasteiger partial charge in [-0.05, 0) is 36.5 Å². The number of carbonyl (C=O) groups excluding carboxylic acids is 2. The van der Waals surface area contributed by atoms with Crippen LogP contribution in [0.5, 0.6) is 0 Å². The second-order valence-electron chi connectivity index (χ2n) is 7.56. The second-order valence-corrected chi connectivity index (χ2v) is 7.56. The van der Waals surface area contributed by atoms with Crippen molar-refractivity contribution in [1.82, 2.24) is 10.6 Å². The number of hydrogen-bond acceptors (Lipinski definition) is 2. The average Bonchev–Trinajstić information content (AvgIpc) is 2.64. The zero-order valence-corrected chi connectivity index (χ0v) is 14.0. The molecular weight excluding hydrogens is 278 g/mol. The van der Waals surface area contributed by atoms with Gasteiger partial charge in [-0.15, -0.1) is 0 Å². The third-order valence-corrected chi connectivity index (χ3v) is 3.81. The predicted octanol–water partition coefficient (Wildman–Crippen LogP) is 2.76. The SMILES string of the molecule is CC(C)(C)CNC(=O)NCc1ccc2c(c1)C(C)(C)C(=O)N2. The monoisotopic (exact) mass is 303 g/mol. The molecule has 1 aromatic carbocycles. The standard InChI is InChI=1S/C17H25N3O2/c1-16(2,3)10-19-15(22)18-9-11-6-7-13-12(8-11)17(4,5)14(21)20-13/h6-8H,9-10H2,1-5H3,(H,20,21)(H2,18,19,22). The minimum absolute atomic E-state index is 0.00975. The first-order chi connectivity index (χ1) is 10.1. The maximum absolute atomic E-state index is 11.9. The van der Waals surface area contributed by atoms with E-state index in [9.17, 15) is 9.59 Å². The Morgan fingerprint density at radius 2 is 1.91 bits per heavy atom. The zero-order valence-electron chi connectivity index (χ0n) is 14.0. The highest BCUT2D eigenvalue weighted by molar-refractivity contribution is 6.05. The van der Waals surface area contributed by atoms with E-state index in [0.29, 0.717) is 13.1 Å². The van der Waals surface area contributed by atoms with Gasteiger partial charge in [0.05, 0.1) is 5.41 Å². The molecule has 1 aliphatic rings. The fraction of sp³-hybridized carbons (Fsp3) is 0.529. The summed E-state index contributed by atoms with van der Waals surface area (Å²) in [5, 5.41) is 8.58. The lowest BCUT2D eigenvalue weighted by atomic mass is 9.85. The minimum Gasteiger partial charge on any atom is -0.338 e. The van der Waals surface area contributed by atoms with Crippen LogP contribution in [-0.2, 0) is 16.8 Å². The number of rotatable bonds is 3. The van der Waals surface area contributed by atoms with Gasteiger partial charge in [-0.2, -0.15) is 0 Å². The summed E-state index contributed by atoms with van der Waals surface area (Å²) >= 11 is 0. The van der Waals surface area contributed by atoms with E-state index in [1.807, 2.05) is 32.0 Å². The van der Waals surface area contributed by atoms with Gasteiger partial charge in [0, 0.05) is 18.8 Å². The van der Waals surface area contributed by atoms with Gasteiger partial charge in [0.15, 0.2) is 0 Å². The molecule has 1 aromatic rings. The fourth-order valence-electron chi connectivity index (χ4n) is 2.32. The lowest BCUT2D eigenvalue weighted by molar-refractivity contribution is -0.119. The molecule has 22 heavy (non-hydrogen) atoms. The summed E-state index contributed by atoms with van der Waals surface area (Å²) in [6.45, 7) is 11.1. The van der Waals surface area contributed by atoms with Crippen LogP contribution in [-0.4, -0.2) is 18.5 Å². The van der Waals surface area contributed by atoms with Crippen LogP contribution in [0.15, 0.2) is 18.2 Å².